The normalized spacial score (nSPS) is 21.1. The molecule has 3 aliphatic rings. The number of amides is 3. The van der Waals surface area contributed by atoms with Gasteiger partial charge in [-0.15, -0.1) is 11.8 Å². The third-order valence-corrected chi connectivity index (χ3v) is 8.21. The molecule has 3 heterocycles. The average Bonchev–Trinajstić information content (AvgIpc) is 3.18. The number of hydrogen-bond acceptors (Lipinski definition) is 6. The third kappa shape index (κ3) is 6.61. The molecule has 3 aliphatic heterocycles. The van der Waals surface area contributed by atoms with E-state index in [0.717, 1.165) is 42.5 Å². The van der Waals surface area contributed by atoms with Crippen molar-refractivity contribution in [3.63, 3.8) is 0 Å². The summed E-state index contributed by atoms with van der Waals surface area (Å²) in [4.78, 5) is 41.9. The Bertz CT molecular complexity index is 872. The standard InChI is InChI=1S/C26H37N3O4S/c30-24-12-11-22(25(31)27-24)29-19-21-20(26(29)32)9-8-10-23(21)34-18-7-5-3-1-2-4-6-13-28-14-16-33-17-15-28/h8-10,22H,1-7,11-19H2,(H,27,30,31). The number of rotatable bonds is 12. The van der Waals surface area contributed by atoms with Crippen LogP contribution in [0.15, 0.2) is 23.1 Å². The van der Waals surface area contributed by atoms with E-state index in [1.165, 1.54) is 51.5 Å². The SMILES string of the molecule is O=C1CCC(N2Cc3c(SCCCCCCCCCN4CCOCC4)cccc3C2=O)C(=O)N1. The Kier molecular flexibility index (Phi) is 9.41. The molecule has 0 bridgehead atoms. The first kappa shape index (κ1) is 25.2. The quantitative estimate of drug-likeness (QED) is 0.276. The summed E-state index contributed by atoms with van der Waals surface area (Å²) in [6.45, 7) is 5.62. The van der Waals surface area contributed by atoms with Crippen molar-refractivity contribution >= 4 is 29.5 Å². The summed E-state index contributed by atoms with van der Waals surface area (Å²) in [5.41, 5.74) is 1.73. The number of fused-ring (bicyclic) bond motifs is 1. The van der Waals surface area contributed by atoms with E-state index < -0.39 is 6.04 Å². The first-order valence-corrected chi connectivity index (χ1v) is 13.8. The lowest BCUT2D eigenvalue weighted by atomic mass is 10.0. The summed E-state index contributed by atoms with van der Waals surface area (Å²) in [7, 11) is 0. The van der Waals surface area contributed by atoms with Crippen LogP contribution in [0.2, 0.25) is 0 Å². The van der Waals surface area contributed by atoms with Gasteiger partial charge in [0.15, 0.2) is 0 Å². The molecule has 186 valence electrons. The number of carbonyl (C=O) groups excluding carboxylic acids is 3. The zero-order chi connectivity index (χ0) is 23.8. The molecule has 8 heteroatoms. The topological polar surface area (TPSA) is 79.0 Å². The van der Waals surface area contributed by atoms with Crippen molar-refractivity contribution in [1.29, 1.82) is 0 Å². The minimum Gasteiger partial charge on any atom is -0.379 e. The smallest absolute Gasteiger partial charge is 0.255 e. The van der Waals surface area contributed by atoms with Crippen molar-refractivity contribution in [1.82, 2.24) is 15.1 Å². The van der Waals surface area contributed by atoms with E-state index in [4.69, 9.17) is 4.74 Å². The van der Waals surface area contributed by atoms with Gasteiger partial charge in [0.1, 0.15) is 6.04 Å². The molecule has 2 fully saturated rings. The Hall–Kier alpha value is -1.90. The third-order valence-electron chi connectivity index (χ3n) is 7.02. The van der Waals surface area contributed by atoms with Crippen molar-refractivity contribution < 1.29 is 19.1 Å². The highest BCUT2D eigenvalue weighted by Crippen LogP contribution is 2.34. The molecular formula is C26H37N3O4S. The van der Waals surface area contributed by atoms with Gasteiger partial charge < -0.3 is 9.64 Å². The molecule has 34 heavy (non-hydrogen) atoms. The largest absolute Gasteiger partial charge is 0.379 e. The van der Waals surface area contributed by atoms with Crippen LogP contribution in [0.3, 0.4) is 0 Å². The molecule has 0 radical (unpaired) electrons. The molecule has 0 aliphatic carbocycles. The molecule has 1 aromatic rings. The summed E-state index contributed by atoms with van der Waals surface area (Å²) < 4.78 is 5.40. The number of unbranched alkanes of at least 4 members (excludes halogenated alkanes) is 6. The molecule has 3 amide bonds. The van der Waals surface area contributed by atoms with Crippen LogP contribution in [-0.4, -0.2) is 72.2 Å². The zero-order valence-corrected chi connectivity index (χ0v) is 20.9. The van der Waals surface area contributed by atoms with Crippen LogP contribution in [0.5, 0.6) is 0 Å². The fourth-order valence-electron chi connectivity index (χ4n) is 5.02. The summed E-state index contributed by atoms with van der Waals surface area (Å²) >= 11 is 1.82. The van der Waals surface area contributed by atoms with Crippen LogP contribution < -0.4 is 5.32 Å². The zero-order valence-electron chi connectivity index (χ0n) is 20.1. The van der Waals surface area contributed by atoms with E-state index in [1.54, 1.807) is 4.90 Å². The number of thioether (sulfide) groups is 1. The van der Waals surface area contributed by atoms with Gasteiger partial charge in [0, 0.05) is 36.5 Å². The van der Waals surface area contributed by atoms with Crippen molar-refractivity contribution in [3.05, 3.63) is 29.3 Å². The van der Waals surface area contributed by atoms with Gasteiger partial charge in [-0.3, -0.25) is 24.6 Å². The minimum atomic E-state index is -0.552. The second-order valence-corrected chi connectivity index (χ2v) is 10.6. The van der Waals surface area contributed by atoms with E-state index in [2.05, 4.69) is 16.3 Å². The molecule has 1 unspecified atom stereocenters. The number of nitrogens with zero attached hydrogens (tertiary/aromatic N) is 2. The van der Waals surface area contributed by atoms with Crippen LogP contribution in [0, 0.1) is 0 Å². The lowest BCUT2D eigenvalue weighted by Gasteiger charge is -2.29. The summed E-state index contributed by atoms with van der Waals surface area (Å²) in [5, 5.41) is 2.37. The van der Waals surface area contributed by atoms with Gasteiger partial charge in [-0.1, -0.05) is 38.2 Å². The fourth-order valence-corrected chi connectivity index (χ4v) is 6.11. The number of morpholine rings is 1. The fraction of sp³-hybridized carbons (Fsp3) is 0.654. The lowest BCUT2D eigenvalue weighted by Crippen LogP contribution is -2.52. The minimum absolute atomic E-state index is 0.0967. The summed E-state index contributed by atoms with van der Waals surface area (Å²) in [6, 6.07) is 5.32. The van der Waals surface area contributed by atoms with Crippen LogP contribution in [-0.2, 0) is 20.9 Å². The summed E-state index contributed by atoms with van der Waals surface area (Å²) in [6.07, 6.45) is 9.63. The number of carbonyl (C=O) groups is 3. The summed E-state index contributed by atoms with van der Waals surface area (Å²) in [5.74, 6) is 0.336. The van der Waals surface area contributed by atoms with Gasteiger partial charge in [-0.2, -0.15) is 0 Å². The van der Waals surface area contributed by atoms with E-state index in [1.807, 2.05) is 23.9 Å². The maximum atomic E-state index is 12.9. The molecule has 0 spiro atoms. The number of piperidine rings is 1. The van der Waals surface area contributed by atoms with Gasteiger partial charge in [-0.25, -0.2) is 0 Å². The molecule has 1 aromatic carbocycles. The second-order valence-electron chi connectivity index (χ2n) is 9.46. The number of imide groups is 1. The molecule has 0 saturated carbocycles. The Morgan fingerprint density at radius 1 is 0.971 bits per heavy atom. The second kappa shape index (κ2) is 12.7. The number of hydrogen-bond donors (Lipinski definition) is 1. The lowest BCUT2D eigenvalue weighted by molar-refractivity contribution is -0.136. The van der Waals surface area contributed by atoms with Crippen LogP contribution >= 0.6 is 11.8 Å². The Labute approximate surface area is 207 Å². The van der Waals surface area contributed by atoms with Crippen LogP contribution in [0.25, 0.3) is 0 Å². The van der Waals surface area contributed by atoms with Crippen LogP contribution in [0.4, 0.5) is 0 Å². The van der Waals surface area contributed by atoms with Gasteiger partial charge >= 0.3 is 0 Å². The van der Waals surface area contributed by atoms with Crippen LogP contribution in [0.1, 0.15) is 73.7 Å². The highest BCUT2D eigenvalue weighted by atomic mass is 32.2. The van der Waals surface area contributed by atoms with Gasteiger partial charge in [0.25, 0.3) is 5.91 Å². The molecule has 1 N–H and O–H groups in total. The number of benzene rings is 1. The molecule has 0 aromatic heterocycles. The predicted octanol–water partition coefficient (Wildman–Crippen LogP) is 3.60. The van der Waals surface area contributed by atoms with E-state index in [9.17, 15) is 14.4 Å². The van der Waals surface area contributed by atoms with Crippen molar-refractivity contribution in [2.45, 2.75) is 75.3 Å². The van der Waals surface area contributed by atoms with Crippen molar-refractivity contribution in [2.24, 2.45) is 0 Å². The number of nitrogens with one attached hydrogen (secondary N) is 1. The van der Waals surface area contributed by atoms with Crippen molar-refractivity contribution in [3.8, 4) is 0 Å². The number of ether oxygens (including phenoxy) is 1. The monoisotopic (exact) mass is 487 g/mol. The van der Waals surface area contributed by atoms with Gasteiger partial charge in [-0.05, 0) is 49.3 Å². The highest BCUT2D eigenvalue weighted by molar-refractivity contribution is 7.99. The molecule has 1 atom stereocenters. The first-order chi connectivity index (χ1) is 16.6. The van der Waals surface area contributed by atoms with E-state index in [0.29, 0.717) is 18.5 Å². The molecular weight excluding hydrogens is 450 g/mol. The first-order valence-electron chi connectivity index (χ1n) is 12.8. The Morgan fingerprint density at radius 3 is 2.47 bits per heavy atom. The van der Waals surface area contributed by atoms with Gasteiger partial charge in [0.2, 0.25) is 11.8 Å². The predicted molar refractivity (Wildman–Crippen MR) is 133 cm³/mol. The Morgan fingerprint density at radius 2 is 1.71 bits per heavy atom. The molecule has 2 saturated heterocycles. The maximum Gasteiger partial charge on any atom is 0.255 e. The molecule has 4 rings (SSSR count). The maximum absolute atomic E-state index is 12.9. The van der Waals surface area contributed by atoms with E-state index in [-0.39, 0.29) is 24.1 Å². The highest BCUT2D eigenvalue weighted by Gasteiger charge is 2.39. The van der Waals surface area contributed by atoms with E-state index >= 15 is 0 Å². The van der Waals surface area contributed by atoms with Crippen molar-refractivity contribution in [2.75, 3.05) is 38.6 Å². The average molecular weight is 488 g/mol. The Balaban J connectivity index is 1.12. The molecule has 7 nitrogen and oxygen atoms in total. The van der Waals surface area contributed by atoms with Gasteiger partial charge in [0.05, 0.1) is 13.2 Å².